The Morgan fingerprint density at radius 1 is 0.647 bits per heavy atom. The van der Waals surface area contributed by atoms with Gasteiger partial charge in [0, 0.05) is 5.41 Å². The molecule has 0 saturated heterocycles. The summed E-state index contributed by atoms with van der Waals surface area (Å²) in [5.41, 5.74) is 0.0999. The van der Waals surface area contributed by atoms with Gasteiger partial charge in [0.1, 0.15) is 0 Å². The van der Waals surface area contributed by atoms with E-state index in [9.17, 15) is 0 Å². The van der Waals surface area contributed by atoms with Crippen molar-refractivity contribution >= 4 is 12.2 Å². The molecule has 2 aromatic rings. The fraction of sp³-hybridized carbons (Fsp3) is 0.176. The molecule has 17 heavy (non-hydrogen) atoms. The van der Waals surface area contributed by atoms with Crippen LogP contribution in [0.15, 0.2) is 48.5 Å². The zero-order valence-corrected chi connectivity index (χ0v) is 10.3. The van der Waals surface area contributed by atoms with Crippen LogP contribution < -0.4 is 10.4 Å². The van der Waals surface area contributed by atoms with Crippen molar-refractivity contribution in [3.63, 3.8) is 0 Å². The van der Waals surface area contributed by atoms with Crippen LogP contribution in [0.25, 0.3) is 12.2 Å². The van der Waals surface area contributed by atoms with Gasteiger partial charge in [-0.3, -0.25) is 0 Å². The van der Waals surface area contributed by atoms with Gasteiger partial charge in [0.05, 0.1) is 0 Å². The minimum atomic E-state index is 0.0999. The van der Waals surface area contributed by atoms with Crippen molar-refractivity contribution in [2.24, 2.45) is 5.41 Å². The van der Waals surface area contributed by atoms with Gasteiger partial charge >= 0.3 is 0 Å². The summed E-state index contributed by atoms with van der Waals surface area (Å²) in [6, 6.07) is 17.3. The van der Waals surface area contributed by atoms with E-state index in [0.29, 0.717) is 0 Å². The lowest BCUT2D eigenvalue weighted by Crippen LogP contribution is -2.11. The maximum Gasteiger partial charge on any atom is 0.00228 e. The standard InChI is InChI=1S/C17H16/c1-17(2)11-13-7-3-5-9-15(13)16-10-6-4-8-14(16)12-17/h3-12H,1-2H3. The SMILES string of the molecule is CC1(C)C=c2ccccc2=c2ccccc2=C1. The largest absolute Gasteiger partial charge is 0.0672 e. The predicted molar refractivity (Wildman–Crippen MR) is 72.5 cm³/mol. The van der Waals surface area contributed by atoms with Gasteiger partial charge in [-0.1, -0.05) is 74.5 Å². The molecule has 0 radical (unpaired) electrons. The molecule has 84 valence electrons. The molecule has 0 nitrogen and oxygen atoms in total. The Bertz CT molecular complexity index is 699. The second-order valence-electron chi connectivity index (χ2n) is 5.28. The molecule has 0 amide bonds. The normalized spacial score (nSPS) is 15.9. The van der Waals surface area contributed by atoms with Gasteiger partial charge in [-0.2, -0.15) is 0 Å². The van der Waals surface area contributed by atoms with Crippen LogP contribution in [-0.2, 0) is 0 Å². The van der Waals surface area contributed by atoms with Gasteiger partial charge in [0.15, 0.2) is 0 Å². The number of hydrogen-bond acceptors (Lipinski definition) is 0. The monoisotopic (exact) mass is 220 g/mol. The molecule has 0 heterocycles. The van der Waals surface area contributed by atoms with E-state index >= 15 is 0 Å². The Labute approximate surface area is 101 Å². The summed E-state index contributed by atoms with van der Waals surface area (Å²) in [7, 11) is 0. The first-order valence-corrected chi connectivity index (χ1v) is 6.06. The van der Waals surface area contributed by atoms with Crippen LogP contribution >= 0.6 is 0 Å². The highest BCUT2D eigenvalue weighted by molar-refractivity contribution is 5.51. The van der Waals surface area contributed by atoms with Gasteiger partial charge in [-0.05, 0) is 20.9 Å². The molecule has 0 N–H and O–H groups in total. The van der Waals surface area contributed by atoms with E-state index in [1.165, 1.54) is 20.9 Å². The van der Waals surface area contributed by atoms with Gasteiger partial charge < -0.3 is 0 Å². The molecule has 0 unspecified atom stereocenters. The van der Waals surface area contributed by atoms with Gasteiger partial charge in [-0.25, -0.2) is 0 Å². The fourth-order valence-electron chi connectivity index (χ4n) is 2.58. The molecule has 0 saturated carbocycles. The Kier molecular flexibility index (Phi) is 2.19. The molecular weight excluding hydrogens is 204 g/mol. The molecule has 1 aliphatic rings. The van der Waals surface area contributed by atoms with E-state index in [4.69, 9.17) is 0 Å². The van der Waals surface area contributed by atoms with Crippen LogP contribution in [0.1, 0.15) is 13.8 Å². The third-order valence-electron chi connectivity index (χ3n) is 3.27. The van der Waals surface area contributed by atoms with Gasteiger partial charge in [0.25, 0.3) is 0 Å². The summed E-state index contributed by atoms with van der Waals surface area (Å²) in [5.74, 6) is 0. The molecular formula is C17H16. The quantitative estimate of drug-likeness (QED) is 0.640. The zero-order chi connectivity index (χ0) is 11.9. The van der Waals surface area contributed by atoms with Crippen molar-refractivity contribution in [2.75, 3.05) is 0 Å². The summed E-state index contributed by atoms with van der Waals surface area (Å²) in [6.45, 7) is 4.51. The van der Waals surface area contributed by atoms with E-state index in [1.54, 1.807) is 0 Å². The highest BCUT2D eigenvalue weighted by Gasteiger charge is 2.11. The minimum absolute atomic E-state index is 0.0999. The van der Waals surface area contributed by atoms with Crippen molar-refractivity contribution in [2.45, 2.75) is 13.8 Å². The average Bonchev–Trinajstić information content (AvgIpc) is 2.40. The minimum Gasteiger partial charge on any atom is -0.0672 e. The molecule has 0 aliphatic heterocycles. The zero-order valence-electron chi connectivity index (χ0n) is 10.3. The maximum atomic E-state index is 2.35. The van der Waals surface area contributed by atoms with Crippen LogP contribution in [0.5, 0.6) is 0 Å². The second kappa shape index (κ2) is 3.59. The van der Waals surface area contributed by atoms with Crippen LogP contribution in [0.2, 0.25) is 0 Å². The Morgan fingerprint density at radius 3 is 1.53 bits per heavy atom. The van der Waals surface area contributed by atoms with Crippen molar-refractivity contribution in [1.82, 2.24) is 0 Å². The summed E-state index contributed by atoms with van der Waals surface area (Å²) >= 11 is 0. The maximum absolute atomic E-state index is 2.35. The van der Waals surface area contributed by atoms with Crippen LogP contribution in [0.3, 0.4) is 0 Å². The third-order valence-corrected chi connectivity index (χ3v) is 3.27. The van der Waals surface area contributed by atoms with Crippen molar-refractivity contribution in [3.8, 4) is 0 Å². The molecule has 0 heteroatoms. The predicted octanol–water partition coefficient (Wildman–Crippen LogP) is 2.57. The summed E-state index contributed by atoms with van der Waals surface area (Å²) in [6.07, 6.45) is 4.70. The van der Waals surface area contributed by atoms with Gasteiger partial charge in [-0.15, -0.1) is 0 Å². The highest BCUT2D eigenvalue weighted by atomic mass is 14.2. The Morgan fingerprint density at radius 2 is 1.06 bits per heavy atom. The first-order chi connectivity index (χ1) is 8.16. The van der Waals surface area contributed by atoms with E-state index in [0.717, 1.165) is 0 Å². The third kappa shape index (κ3) is 1.80. The average molecular weight is 220 g/mol. The Balaban J connectivity index is 2.71. The highest BCUT2D eigenvalue weighted by Crippen LogP contribution is 2.19. The van der Waals surface area contributed by atoms with Crippen LogP contribution in [0, 0.1) is 15.9 Å². The number of fused-ring (bicyclic) bond motifs is 2. The first-order valence-electron chi connectivity index (χ1n) is 6.06. The van der Waals surface area contributed by atoms with E-state index < -0.39 is 0 Å². The topological polar surface area (TPSA) is 0 Å². The smallest absolute Gasteiger partial charge is 0.00228 e. The molecule has 0 bridgehead atoms. The van der Waals surface area contributed by atoms with Crippen molar-refractivity contribution in [1.29, 1.82) is 0 Å². The first kappa shape index (κ1) is 10.3. The van der Waals surface area contributed by atoms with Crippen LogP contribution in [-0.4, -0.2) is 0 Å². The second-order valence-corrected chi connectivity index (χ2v) is 5.28. The summed E-state index contributed by atoms with van der Waals surface area (Å²) < 4.78 is 0. The van der Waals surface area contributed by atoms with E-state index in [1.807, 2.05) is 0 Å². The van der Waals surface area contributed by atoms with Crippen LogP contribution in [0.4, 0.5) is 0 Å². The van der Waals surface area contributed by atoms with Crippen molar-refractivity contribution in [3.05, 3.63) is 69.4 Å². The van der Waals surface area contributed by atoms with E-state index in [-0.39, 0.29) is 5.41 Å². The molecule has 0 spiro atoms. The lowest BCUT2D eigenvalue weighted by Gasteiger charge is -2.13. The molecule has 0 atom stereocenters. The lowest BCUT2D eigenvalue weighted by molar-refractivity contribution is 0.715. The molecule has 0 aromatic heterocycles. The number of benzene rings is 2. The van der Waals surface area contributed by atoms with E-state index in [2.05, 4.69) is 74.5 Å². The summed E-state index contributed by atoms with van der Waals surface area (Å²) in [4.78, 5) is 0. The molecule has 2 aromatic carbocycles. The number of rotatable bonds is 0. The fourth-order valence-corrected chi connectivity index (χ4v) is 2.58. The number of hydrogen-bond donors (Lipinski definition) is 0. The van der Waals surface area contributed by atoms with Crippen molar-refractivity contribution < 1.29 is 0 Å². The molecule has 3 rings (SSSR count). The molecule has 1 aliphatic carbocycles. The lowest BCUT2D eigenvalue weighted by atomic mass is 9.91. The summed E-state index contributed by atoms with van der Waals surface area (Å²) in [5, 5.41) is 5.34. The molecule has 0 fully saturated rings. The van der Waals surface area contributed by atoms with Gasteiger partial charge in [0.2, 0.25) is 0 Å². The Hall–Kier alpha value is -1.82.